The molecular formula is C12H20BrNO. The normalized spacial score (nSPS) is 36.9. The lowest BCUT2D eigenvalue weighted by Crippen LogP contribution is -2.37. The maximum absolute atomic E-state index is 5.81. The Labute approximate surface area is 101 Å². The minimum absolute atomic E-state index is 0.292. The molecule has 2 aliphatic rings. The van der Waals surface area contributed by atoms with Crippen LogP contribution in [0.25, 0.3) is 0 Å². The minimum atomic E-state index is 0.292. The van der Waals surface area contributed by atoms with E-state index in [9.17, 15) is 0 Å². The number of hydrogen-bond donors (Lipinski definition) is 0. The van der Waals surface area contributed by atoms with Gasteiger partial charge in [0.05, 0.1) is 0 Å². The van der Waals surface area contributed by atoms with Crippen LogP contribution in [0.1, 0.15) is 39.5 Å². The fourth-order valence-electron chi connectivity index (χ4n) is 2.28. The van der Waals surface area contributed by atoms with Gasteiger partial charge in [0.2, 0.25) is 0 Å². The molecule has 86 valence electrons. The maximum Gasteiger partial charge on any atom is 0.129 e. The Morgan fingerprint density at radius 2 is 2.40 bits per heavy atom. The molecule has 15 heavy (non-hydrogen) atoms. The van der Waals surface area contributed by atoms with E-state index in [0.717, 1.165) is 13.2 Å². The fourth-order valence-corrected chi connectivity index (χ4v) is 2.95. The van der Waals surface area contributed by atoms with Crippen LogP contribution < -0.4 is 0 Å². The Kier molecular flexibility index (Phi) is 3.41. The van der Waals surface area contributed by atoms with Crippen molar-refractivity contribution in [3.8, 4) is 0 Å². The van der Waals surface area contributed by atoms with Crippen molar-refractivity contribution in [2.24, 2.45) is 5.41 Å². The van der Waals surface area contributed by atoms with Gasteiger partial charge in [-0.05, 0) is 25.7 Å². The second-order valence-electron chi connectivity index (χ2n) is 4.88. The number of hydrogen-bond acceptors (Lipinski definition) is 2. The zero-order valence-corrected chi connectivity index (χ0v) is 11.2. The molecule has 0 saturated carbocycles. The molecular weight excluding hydrogens is 254 g/mol. The van der Waals surface area contributed by atoms with E-state index >= 15 is 0 Å². The quantitative estimate of drug-likeness (QED) is 0.764. The SMILES string of the molecule is CCC1(C)CN(C2CCCCO2)C=C1Br. The van der Waals surface area contributed by atoms with Gasteiger partial charge in [0.1, 0.15) is 6.23 Å². The second-order valence-corrected chi connectivity index (χ2v) is 5.74. The van der Waals surface area contributed by atoms with Crippen LogP contribution in [0.15, 0.2) is 10.7 Å². The van der Waals surface area contributed by atoms with Gasteiger partial charge < -0.3 is 9.64 Å². The fraction of sp³-hybridized carbons (Fsp3) is 0.833. The molecule has 2 heterocycles. The topological polar surface area (TPSA) is 12.5 Å². The van der Waals surface area contributed by atoms with E-state index in [1.165, 1.54) is 30.2 Å². The highest BCUT2D eigenvalue weighted by atomic mass is 79.9. The molecule has 0 N–H and O–H groups in total. The molecule has 3 heteroatoms. The molecule has 2 rings (SSSR count). The third-order valence-electron chi connectivity index (χ3n) is 3.69. The van der Waals surface area contributed by atoms with Crippen molar-refractivity contribution >= 4 is 15.9 Å². The van der Waals surface area contributed by atoms with Crippen LogP contribution in [-0.2, 0) is 4.74 Å². The summed E-state index contributed by atoms with van der Waals surface area (Å²) in [5.41, 5.74) is 0.292. The van der Waals surface area contributed by atoms with Crippen LogP contribution in [-0.4, -0.2) is 24.3 Å². The summed E-state index contributed by atoms with van der Waals surface area (Å²) in [6.07, 6.45) is 7.43. The summed E-state index contributed by atoms with van der Waals surface area (Å²) in [7, 11) is 0. The van der Waals surface area contributed by atoms with E-state index in [-0.39, 0.29) is 0 Å². The van der Waals surface area contributed by atoms with Crippen molar-refractivity contribution in [1.29, 1.82) is 0 Å². The first-order chi connectivity index (χ1) is 7.15. The molecule has 0 aromatic carbocycles. The average molecular weight is 274 g/mol. The van der Waals surface area contributed by atoms with Gasteiger partial charge in [-0.1, -0.05) is 29.8 Å². The lowest BCUT2D eigenvalue weighted by Gasteiger charge is -2.33. The maximum atomic E-state index is 5.81. The molecule has 0 radical (unpaired) electrons. The Morgan fingerprint density at radius 1 is 1.60 bits per heavy atom. The smallest absolute Gasteiger partial charge is 0.129 e. The van der Waals surface area contributed by atoms with Gasteiger partial charge in [0.15, 0.2) is 0 Å². The highest BCUT2D eigenvalue weighted by Crippen LogP contribution is 2.42. The number of halogens is 1. The second kappa shape index (κ2) is 4.46. The zero-order valence-electron chi connectivity index (χ0n) is 9.63. The van der Waals surface area contributed by atoms with Crippen LogP contribution in [0.2, 0.25) is 0 Å². The third-order valence-corrected chi connectivity index (χ3v) is 4.86. The van der Waals surface area contributed by atoms with Crippen molar-refractivity contribution in [2.75, 3.05) is 13.2 Å². The van der Waals surface area contributed by atoms with Crippen LogP contribution in [0.3, 0.4) is 0 Å². The lowest BCUT2D eigenvalue weighted by molar-refractivity contribution is -0.0679. The van der Waals surface area contributed by atoms with Crippen molar-refractivity contribution < 1.29 is 4.74 Å². The van der Waals surface area contributed by atoms with E-state index in [4.69, 9.17) is 4.74 Å². The first kappa shape index (κ1) is 11.5. The summed E-state index contributed by atoms with van der Waals surface area (Å²) in [5, 5.41) is 0. The number of ether oxygens (including phenoxy) is 1. The Bertz CT molecular complexity index is 260. The Hall–Kier alpha value is -0.0200. The van der Waals surface area contributed by atoms with Gasteiger partial charge in [0, 0.05) is 29.2 Å². The van der Waals surface area contributed by atoms with Gasteiger partial charge in [-0.2, -0.15) is 0 Å². The monoisotopic (exact) mass is 273 g/mol. The van der Waals surface area contributed by atoms with Gasteiger partial charge in [-0.3, -0.25) is 0 Å². The van der Waals surface area contributed by atoms with Crippen molar-refractivity contribution in [3.05, 3.63) is 10.7 Å². The van der Waals surface area contributed by atoms with Crippen molar-refractivity contribution in [3.63, 3.8) is 0 Å². The average Bonchev–Trinajstić information content (AvgIpc) is 2.58. The van der Waals surface area contributed by atoms with Crippen LogP contribution in [0.4, 0.5) is 0 Å². The molecule has 0 aromatic rings. The van der Waals surface area contributed by atoms with Crippen LogP contribution in [0.5, 0.6) is 0 Å². The van der Waals surface area contributed by atoms with E-state index in [0.29, 0.717) is 11.6 Å². The minimum Gasteiger partial charge on any atom is -0.358 e. The standard InChI is InChI=1S/C12H20BrNO/c1-3-12(2)9-14(8-10(12)13)11-6-4-5-7-15-11/h8,11H,3-7,9H2,1-2H3. The zero-order chi connectivity index (χ0) is 10.9. The van der Waals surface area contributed by atoms with E-state index in [1.54, 1.807) is 0 Å². The van der Waals surface area contributed by atoms with Crippen molar-refractivity contribution in [1.82, 2.24) is 4.90 Å². The summed E-state index contributed by atoms with van der Waals surface area (Å²) in [4.78, 5) is 2.37. The molecule has 2 nitrogen and oxygen atoms in total. The van der Waals surface area contributed by atoms with Crippen LogP contribution >= 0.6 is 15.9 Å². The molecule has 2 unspecified atom stereocenters. The lowest BCUT2D eigenvalue weighted by atomic mass is 9.89. The predicted octanol–water partition coefficient (Wildman–Crippen LogP) is 3.48. The van der Waals surface area contributed by atoms with Gasteiger partial charge >= 0.3 is 0 Å². The van der Waals surface area contributed by atoms with Gasteiger partial charge in [-0.15, -0.1) is 0 Å². The van der Waals surface area contributed by atoms with E-state index < -0.39 is 0 Å². The Balaban J connectivity index is 2.02. The predicted molar refractivity (Wildman–Crippen MR) is 65.7 cm³/mol. The van der Waals surface area contributed by atoms with Crippen LogP contribution in [0, 0.1) is 5.41 Å². The van der Waals surface area contributed by atoms with Gasteiger partial charge in [-0.25, -0.2) is 0 Å². The molecule has 0 aromatic heterocycles. The van der Waals surface area contributed by atoms with E-state index in [1.807, 2.05) is 0 Å². The third kappa shape index (κ3) is 2.23. The molecule has 1 saturated heterocycles. The molecule has 0 amide bonds. The largest absolute Gasteiger partial charge is 0.358 e. The molecule has 2 aliphatic heterocycles. The molecule has 0 aliphatic carbocycles. The van der Waals surface area contributed by atoms with E-state index in [2.05, 4.69) is 40.9 Å². The number of nitrogens with zero attached hydrogens (tertiary/aromatic N) is 1. The molecule has 1 fully saturated rings. The number of rotatable bonds is 2. The molecule has 2 atom stereocenters. The summed E-state index contributed by atoms with van der Waals surface area (Å²) >= 11 is 3.69. The molecule has 0 bridgehead atoms. The summed E-state index contributed by atoms with van der Waals surface area (Å²) in [6.45, 7) is 6.58. The van der Waals surface area contributed by atoms with Gasteiger partial charge in [0.25, 0.3) is 0 Å². The first-order valence-corrected chi connectivity index (χ1v) is 6.70. The first-order valence-electron chi connectivity index (χ1n) is 5.91. The summed E-state index contributed by atoms with van der Waals surface area (Å²) < 4.78 is 7.13. The Morgan fingerprint density at radius 3 is 2.93 bits per heavy atom. The highest BCUT2D eigenvalue weighted by molar-refractivity contribution is 9.11. The van der Waals surface area contributed by atoms with Crippen molar-refractivity contribution in [2.45, 2.75) is 45.8 Å². The summed E-state index contributed by atoms with van der Waals surface area (Å²) in [6, 6.07) is 0. The molecule has 0 spiro atoms. The highest BCUT2D eigenvalue weighted by Gasteiger charge is 2.36. The summed E-state index contributed by atoms with van der Waals surface area (Å²) in [5.74, 6) is 0.